The molecular weight excluding hydrogens is 298 g/mol. The lowest BCUT2D eigenvalue weighted by atomic mass is 10.1. The largest absolute Gasteiger partial charge is 0.390 e. The number of benzene rings is 1. The molecule has 2 N–H and O–H groups in total. The zero-order chi connectivity index (χ0) is 15.5. The van der Waals surface area contributed by atoms with Crippen molar-refractivity contribution in [1.82, 2.24) is 9.38 Å². The van der Waals surface area contributed by atoms with E-state index in [0.717, 1.165) is 28.2 Å². The Hall–Kier alpha value is -2.04. The fourth-order valence-electron chi connectivity index (χ4n) is 2.37. The highest BCUT2D eigenvalue weighted by molar-refractivity contribution is 6.18. The van der Waals surface area contributed by atoms with Gasteiger partial charge in [-0.1, -0.05) is 18.2 Å². The van der Waals surface area contributed by atoms with E-state index in [0.29, 0.717) is 6.54 Å². The summed E-state index contributed by atoms with van der Waals surface area (Å²) in [6, 6.07) is 12.1. The number of rotatable bonds is 5. The maximum Gasteiger partial charge on any atom is 0.140 e. The number of imidazole rings is 1. The van der Waals surface area contributed by atoms with Crippen molar-refractivity contribution in [2.24, 2.45) is 0 Å². The van der Waals surface area contributed by atoms with Gasteiger partial charge in [-0.05, 0) is 30.7 Å². The number of halogens is 1. The summed E-state index contributed by atoms with van der Waals surface area (Å²) in [5.41, 5.74) is 5.02. The molecule has 2 aromatic heterocycles. The molecule has 4 nitrogen and oxygen atoms in total. The molecular formula is C17H18ClN3O. The van der Waals surface area contributed by atoms with Gasteiger partial charge in [0.15, 0.2) is 0 Å². The molecule has 3 aromatic rings. The van der Waals surface area contributed by atoms with Gasteiger partial charge in [-0.3, -0.25) is 0 Å². The van der Waals surface area contributed by atoms with E-state index in [1.54, 1.807) is 0 Å². The molecule has 0 aliphatic heterocycles. The SMILES string of the molecule is Cc1cccn2cc(-c3cccc(NCC(O)CCl)c3)nc12. The topological polar surface area (TPSA) is 49.6 Å². The summed E-state index contributed by atoms with van der Waals surface area (Å²) in [5.74, 6) is 0.221. The molecule has 0 bridgehead atoms. The molecule has 1 unspecified atom stereocenters. The van der Waals surface area contributed by atoms with E-state index in [4.69, 9.17) is 16.6 Å². The zero-order valence-corrected chi connectivity index (χ0v) is 13.1. The highest BCUT2D eigenvalue weighted by Gasteiger charge is 2.07. The maximum absolute atomic E-state index is 9.52. The summed E-state index contributed by atoms with van der Waals surface area (Å²) >= 11 is 5.60. The number of aliphatic hydroxyl groups excluding tert-OH is 1. The molecule has 2 heterocycles. The van der Waals surface area contributed by atoms with Crippen molar-refractivity contribution in [3.8, 4) is 11.3 Å². The lowest BCUT2D eigenvalue weighted by Gasteiger charge is -2.10. The quantitative estimate of drug-likeness (QED) is 0.710. The van der Waals surface area contributed by atoms with Gasteiger partial charge >= 0.3 is 0 Å². The van der Waals surface area contributed by atoms with Crippen molar-refractivity contribution in [3.63, 3.8) is 0 Å². The minimum absolute atomic E-state index is 0.221. The molecule has 0 spiro atoms. The van der Waals surface area contributed by atoms with Gasteiger partial charge in [-0.15, -0.1) is 11.6 Å². The van der Waals surface area contributed by atoms with Crippen molar-refractivity contribution in [3.05, 3.63) is 54.4 Å². The molecule has 5 heteroatoms. The van der Waals surface area contributed by atoms with Crippen LogP contribution in [0, 0.1) is 6.92 Å². The highest BCUT2D eigenvalue weighted by Crippen LogP contribution is 2.23. The average Bonchev–Trinajstić information content (AvgIpc) is 2.98. The lowest BCUT2D eigenvalue weighted by Crippen LogP contribution is -2.20. The summed E-state index contributed by atoms with van der Waals surface area (Å²) in [5, 5.41) is 12.7. The van der Waals surface area contributed by atoms with E-state index in [1.165, 1.54) is 0 Å². The van der Waals surface area contributed by atoms with Crippen LogP contribution in [0.4, 0.5) is 5.69 Å². The minimum Gasteiger partial charge on any atom is -0.390 e. The third kappa shape index (κ3) is 3.08. The zero-order valence-electron chi connectivity index (χ0n) is 12.3. The number of nitrogens with one attached hydrogen (secondary N) is 1. The number of alkyl halides is 1. The highest BCUT2D eigenvalue weighted by atomic mass is 35.5. The summed E-state index contributed by atoms with van der Waals surface area (Å²) in [4.78, 5) is 4.70. The van der Waals surface area contributed by atoms with Crippen molar-refractivity contribution in [1.29, 1.82) is 0 Å². The van der Waals surface area contributed by atoms with Gasteiger partial charge < -0.3 is 14.8 Å². The van der Waals surface area contributed by atoms with E-state index < -0.39 is 6.10 Å². The third-order valence-electron chi connectivity index (χ3n) is 3.56. The smallest absolute Gasteiger partial charge is 0.140 e. The van der Waals surface area contributed by atoms with Gasteiger partial charge in [0, 0.05) is 30.2 Å². The van der Waals surface area contributed by atoms with Gasteiger partial charge in [-0.2, -0.15) is 0 Å². The van der Waals surface area contributed by atoms with Crippen molar-refractivity contribution < 1.29 is 5.11 Å². The molecule has 3 rings (SSSR count). The van der Waals surface area contributed by atoms with Crippen LogP contribution in [-0.4, -0.2) is 33.0 Å². The summed E-state index contributed by atoms with van der Waals surface area (Å²) in [7, 11) is 0. The molecule has 0 radical (unpaired) electrons. The van der Waals surface area contributed by atoms with Crippen LogP contribution in [0.5, 0.6) is 0 Å². The number of hydrogen-bond donors (Lipinski definition) is 2. The summed E-state index contributed by atoms with van der Waals surface area (Å²) in [6.45, 7) is 2.48. The second-order valence-corrected chi connectivity index (χ2v) is 5.63. The first kappa shape index (κ1) is 14.9. The van der Waals surface area contributed by atoms with E-state index in [9.17, 15) is 5.11 Å². The number of anilines is 1. The number of aliphatic hydroxyl groups is 1. The predicted molar refractivity (Wildman–Crippen MR) is 90.6 cm³/mol. The first-order chi connectivity index (χ1) is 10.7. The number of fused-ring (bicyclic) bond motifs is 1. The first-order valence-electron chi connectivity index (χ1n) is 7.20. The second-order valence-electron chi connectivity index (χ2n) is 5.32. The Balaban J connectivity index is 1.88. The minimum atomic E-state index is -0.553. The standard InChI is InChI=1S/C17H18ClN3O/c1-12-4-3-7-21-11-16(20-17(12)21)13-5-2-6-14(8-13)19-10-15(22)9-18/h2-8,11,15,19,22H,9-10H2,1H3. The fraction of sp³-hybridized carbons (Fsp3) is 0.235. The third-order valence-corrected chi connectivity index (χ3v) is 3.91. The molecule has 0 saturated heterocycles. The fourth-order valence-corrected chi connectivity index (χ4v) is 2.48. The van der Waals surface area contributed by atoms with E-state index >= 15 is 0 Å². The van der Waals surface area contributed by atoms with Crippen LogP contribution in [0.2, 0.25) is 0 Å². The number of nitrogens with zero attached hydrogens (tertiary/aromatic N) is 2. The molecule has 22 heavy (non-hydrogen) atoms. The number of hydrogen-bond acceptors (Lipinski definition) is 3. The van der Waals surface area contributed by atoms with E-state index in [2.05, 4.69) is 18.3 Å². The molecule has 0 saturated carbocycles. The molecule has 0 fully saturated rings. The Morgan fingerprint density at radius 3 is 2.95 bits per heavy atom. The Morgan fingerprint density at radius 1 is 1.32 bits per heavy atom. The van der Waals surface area contributed by atoms with E-state index in [1.807, 2.05) is 47.1 Å². The second kappa shape index (κ2) is 6.38. The Morgan fingerprint density at radius 2 is 2.18 bits per heavy atom. The van der Waals surface area contributed by atoms with Crippen LogP contribution < -0.4 is 5.32 Å². The van der Waals surface area contributed by atoms with Crippen LogP contribution >= 0.6 is 11.6 Å². The normalized spacial score (nSPS) is 12.5. The molecule has 0 aliphatic rings. The van der Waals surface area contributed by atoms with Crippen LogP contribution in [0.3, 0.4) is 0 Å². The monoisotopic (exact) mass is 315 g/mol. The van der Waals surface area contributed by atoms with Crippen LogP contribution in [0.25, 0.3) is 16.9 Å². The van der Waals surface area contributed by atoms with Gasteiger partial charge in [0.05, 0.1) is 17.7 Å². The van der Waals surface area contributed by atoms with E-state index in [-0.39, 0.29) is 5.88 Å². The van der Waals surface area contributed by atoms with Gasteiger partial charge in [-0.25, -0.2) is 4.98 Å². The van der Waals surface area contributed by atoms with Crippen LogP contribution in [0.1, 0.15) is 5.56 Å². The van der Waals surface area contributed by atoms with Crippen LogP contribution in [0.15, 0.2) is 48.8 Å². The molecule has 1 atom stereocenters. The van der Waals surface area contributed by atoms with Gasteiger partial charge in [0.2, 0.25) is 0 Å². The summed E-state index contributed by atoms with van der Waals surface area (Å²) in [6.07, 6.45) is 3.47. The summed E-state index contributed by atoms with van der Waals surface area (Å²) < 4.78 is 2.03. The number of aryl methyl sites for hydroxylation is 1. The van der Waals surface area contributed by atoms with Crippen molar-refractivity contribution >= 4 is 22.9 Å². The molecule has 1 aromatic carbocycles. The number of aromatic nitrogens is 2. The number of pyridine rings is 1. The lowest BCUT2D eigenvalue weighted by molar-refractivity contribution is 0.211. The van der Waals surface area contributed by atoms with Crippen molar-refractivity contribution in [2.75, 3.05) is 17.7 Å². The molecule has 0 amide bonds. The predicted octanol–water partition coefficient (Wildman–Crippen LogP) is 3.32. The van der Waals surface area contributed by atoms with Gasteiger partial charge in [0.1, 0.15) is 5.65 Å². The maximum atomic E-state index is 9.52. The Kier molecular flexibility index (Phi) is 4.32. The van der Waals surface area contributed by atoms with Gasteiger partial charge in [0.25, 0.3) is 0 Å². The van der Waals surface area contributed by atoms with Crippen LogP contribution in [-0.2, 0) is 0 Å². The Bertz CT molecular complexity index is 784. The Labute approximate surface area is 134 Å². The van der Waals surface area contributed by atoms with Crippen molar-refractivity contribution in [2.45, 2.75) is 13.0 Å². The molecule has 114 valence electrons. The molecule has 0 aliphatic carbocycles. The first-order valence-corrected chi connectivity index (χ1v) is 7.73. The average molecular weight is 316 g/mol.